The van der Waals surface area contributed by atoms with Crippen molar-refractivity contribution in [3.63, 3.8) is 0 Å². The van der Waals surface area contributed by atoms with Crippen LogP contribution >= 0.6 is 0 Å². The van der Waals surface area contributed by atoms with E-state index in [4.69, 9.17) is 0 Å². The number of carbonyl (C=O) groups excluding carboxylic acids is 1. The molecule has 0 unspecified atom stereocenters. The Bertz CT molecular complexity index is 251. The van der Waals surface area contributed by atoms with Gasteiger partial charge in [0.05, 0.1) is 6.04 Å². The fourth-order valence-corrected chi connectivity index (χ4v) is 2.59. The summed E-state index contributed by atoms with van der Waals surface area (Å²) in [6, 6.07) is 0.137. The van der Waals surface area contributed by atoms with Crippen molar-refractivity contribution in [3.05, 3.63) is 0 Å². The fourth-order valence-electron chi connectivity index (χ4n) is 2.59. The highest BCUT2D eigenvalue weighted by Crippen LogP contribution is 2.34. The van der Waals surface area contributed by atoms with E-state index in [1.807, 2.05) is 0 Å². The van der Waals surface area contributed by atoms with Crippen LogP contribution in [0.2, 0.25) is 0 Å². The van der Waals surface area contributed by atoms with Crippen LogP contribution < -0.4 is 5.32 Å². The highest BCUT2D eigenvalue weighted by Gasteiger charge is 2.34. The van der Waals surface area contributed by atoms with Crippen molar-refractivity contribution in [2.24, 2.45) is 11.8 Å². The van der Waals surface area contributed by atoms with Crippen LogP contribution in [-0.2, 0) is 4.79 Å². The Hall–Kier alpha value is -0.570. The smallest absolute Gasteiger partial charge is 0.239 e. The van der Waals surface area contributed by atoms with Gasteiger partial charge in [0.15, 0.2) is 0 Å². The first-order valence-corrected chi connectivity index (χ1v) is 6.85. The van der Waals surface area contributed by atoms with E-state index in [0.29, 0.717) is 5.91 Å². The Labute approximate surface area is 97.6 Å². The van der Waals surface area contributed by atoms with Crippen molar-refractivity contribution in [3.8, 4) is 0 Å². The molecule has 3 heteroatoms. The minimum atomic E-state index is 0.137. The van der Waals surface area contributed by atoms with Gasteiger partial charge in [0.25, 0.3) is 0 Å². The van der Waals surface area contributed by atoms with E-state index in [9.17, 15) is 4.79 Å². The van der Waals surface area contributed by atoms with Crippen molar-refractivity contribution in [1.82, 2.24) is 10.2 Å². The first kappa shape index (κ1) is 10.6. The standard InChI is InChI=1S/C13H22N2O/c16-13(12-2-1-7-14-12)15(8-10-3-4-10)9-11-5-6-11/h10-12,14H,1-9H2/t12-/m0/s1. The Balaban J connectivity index is 1.57. The molecule has 90 valence electrons. The minimum absolute atomic E-state index is 0.137. The van der Waals surface area contributed by atoms with E-state index in [1.165, 1.54) is 25.7 Å². The van der Waals surface area contributed by atoms with Crippen LogP contribution in [0.15, 0.2) is 0 Å². The Morgan fingerprint density at radius 1 is 1.06 bits per heavy atom. The molecular weight excluding hydrogens is 200 g/mol. The third-order valence-corrected chi connectivity index (χ3v) is 4.02. The second kappa shape index (κ2) is 4.36. The van der Waals surface area contributed by atoms with Gasteiger partial charge < -0.3 is 10.2 Å². The maximum Gasteiger partial charge on any atom is 0.239 e. The molecule has 1 heterocycles. The molecule has 1 saturated heterocycles. The summed E-state index contributed by atoms with van der Waals surface area (Å²) in [7, 11) is 0. The van der Waals surface area contributed by atoms with Gasteiger partial charge in [-0.1, -0.05) is 0 Å². The molecule has 1 N–H and O–H groups in total. The van der Waals surface area contributed by atoms with E-state index in [-0.39, 0.29) is 6.04 Å². The lowest BCUT2D eigenvalue weighted by molar-refractivity contribution is -0.133. The first-order valence-electron chi connectivity index (χ1n) is 6.85. The number of amides is 1. The average Bonchev–Trinajstić information content (AvgIpc) is 3.20. The zero-order valence-electron chi connectivity index (χ0n) is 9.95. The molecule has 3 rings (SSSR count). The maximum atomic E-state index is 12.3. The summed E-state index contributed by atoms with van der Waals surface area (Å²) in [5.41, 5.74) is 0. The third-order valence-electron chi connectivity index (χ3n) is 4.02. The van der Waals surface area contributed by atoms with Gasteiger partial charge in [-0.3, -0.25) is 4.79 Å². The van der Waals surface area contributed by atoms with Gasteiger partial charge >= 0.3 is 0 Å². The highest BCUT2D eigenvalue weighted by atomic mass is 16.2. The quantitative estimate of drug-likeness (QED) is 0.762. The molecule has 2 aliphatic carbocycles. The molecule has 1 amide bonds. The predicted octanol–water partition coefficient (Wildman–Crippen LogP) is 1.39. The van der Waals surface area contributed by atoms with Crippen LogP contribution in [0, 0.1) is 11.8 Å². The van der Waals surface area contributed by atoms with Crippen molar-refractivity contribution in [2.45, 2.75) is 44.6 Å². The summed E-state index contributed by atoms with van der Waals surface area (Å²) in [4.78, 5) is 14.5. The van der Waals surface area contributed by atoms with Gasteiger partial charge in [-0.2, -0.15) is 0 Å². The maximum absolute atomic E-state index is 12.3. The predicted molar refractivity (Wildman–Crippen MR) is 63.1 cm³/mol. The molecule has 0 radical (unpaired) electrons. The zero-order chi connectivity index (χ0) is 11.0. The lowest BCUT2D eigenvalue weighted by Crippen LogP contribution is -2.45. The van der Waals surface area contributed by atoms with Crippen LogP contribution in [0.1, 0.15) is 38.5 Å². The second-order valence-electron chi connectivity index (χ2n) is 5.78. The third kappa shape index (κ3) is 2.57. The number of nitrogens with zero attached hydrogens (tertiary/aromatic N) is 1. The van der Waals surface area contributed by atoms with Crippen LogP contribution in [0.25, 0.3) is 0 Å². The SMILES string of the molecule is O=C([C@@H]1CCCN1)N(CC1CC1)CC1CC1. The Kier molecular flexibility index (Phi) is 2.88. The van der Waals surface area contributed by atoms with Crippen molar-refractivity contribution in [2.75, 3.05) is 19.6 Å². The van der Waals surface area contributed by atoms with E-state index < -0.39 is 0 Å². The molecule has 16 heavy (non-hydrogen) atoms. The van der Waals surface area contributed by atoms with Gasteiger partial charge in [0.2, 0.25) is 5.91 Å². The summed E-state index contributed by atoms with van der Waals surface area (Å²) in [5, 5.41) is 3.33. The monoisotopic (exact) mass is 222 g/mol. The minimum Gasteiger partial charge on any atom is -0.341 e. The van der Waals surface area contributed by atoms with Crippen LogP contribution in [0.5, 0.6) is 0 Å². The molecule has 0 spiro atoms. The molecule has 1 aliphatic heterocycles. The molecule has 1 atom stereocenters. The molecule has 3 aliphatic rings. The van der Waals surface area contributed by atoms with E-state index in [0.717, 1.165) is 44.3 Å². The zero-order valence-corrected chi connectivity index (χ0v) is 9.95. The van der Waals surface area contributed by atoms with Crippen LogP contribution in [0.3, 0.4) is 0 Å². The first-order chi connectivity index (χ1) is 7.83. The van der Waals surface area contributed by atoms with Gasteiger partial charge in [0, 0.05) is 13.1 Å². The molecule has 3 nitrogen and oxygen atoms in total. The largest absolute Gasteiger partial charge is 0.341 e. The summed E-state index contributed by atoms with van der Waals surface area (Å²) >= 11 is 0. The molecule has 0 bridgehead atoms. The molecule has 3 fully saturated rings. The summed E-state index contributed by atoms with van der Waals surface area (Å²) < 4.78 is 0. The van der Waals surface area contributed by atoms with Gasteiger partial charge in [-0.25, -0.2) is 0 Å². The number of hydrogen-bond donors (Lipinski definition) is 1. The van der Waals surface area contributed by atoms with Crippen molar-refractivity contribution < 1.29 is 4.79 Å². The fraction of sp³-hybridized carbons (Fsp3) is 0.923. The van der Waals surface area contributed by atoms with E-state index in [1.54, 1.807) is 0 Å². The average molecular weight is 222 g/mol. The Morgan fingerprint density at radius 3 is 2.12 bits per heavy atom. The van der Waals surface area contributed by atoms with Gasteiger partial charge in [-0.05, 0) is 56.9 Å². The second-order valence-corrected chi connectivity index (χ2v) is 5.78. The summed E-state index contributed by atoms with van der Waals surface area (Å²) in [6.07, 6.45) is 7.57. The van der Waals surface area contributed by atoms with E-state index in [2.05, 4.69) is 10.2 Å². The number of nitrogens with one attached hydrogen (secondary N) is 1. The van der Waals surface area contributed by atoms with Gasteiger partial charge in [-0.15, -0.1) is 0 Å². The molecule has 0 aromatic rings. The summed E-state index contributed by atoms with van der Waals surface area (Å²) in [5.74, 6) is 2.03. The lowest BCUT2D eigenvalue weighted by Gasteiger charge is -2.25. The Morgan fingerprint density at radius 2 is 1.69 bits per heavy atom. The van der Waals surface area contributed by atoms with Crippen LogP contribution in [-0.4, -0.2) is 36.5 Å². The number of rotatable bonds is 5. The molecule has 0 aromatic carbocycles. The number of carbonyl (C=O) groups is 1. The van der Waals surface area contributed by atoms with Crippen molar-refractivity contribution in [1.29, 1.82) is 0 Å². The molecular formula is C13H22N2O. The lowest BCUT2D eigenvalue weighted by atomic mass is 10.2. The summed E-state index contributed by atoms with van der Waals surface area (Å²) in [6.45, 7) is 3.10. The van der Waals surface area contributed by atoms with Crippen LogP contribution in [0.4, 0.5) is 0 Å². The molecule has 0 aromatic heterocycles. The van der Waals surface area contributed by atoms with Crippen molar-refractivity contribution >= 4 is 5.91 Å². The highest BCUT2D eigenvalue weighted by molar-refractivity contribution is 5.82. The number of hydrogen-bond acceptors (Lipinski definition) is 2. The molecule has 2 saturated carbocycles. The van der Waals surface area contributed by atoms with Gasteiger partial charge in [0.1, 0.15) is 0 Å². The topological polar surface area (TPSA) is 32.3 Å². The normalized spacial score (nSPS) is 29.4. The van der Waals surface area contributed by atoms with E-state index >= 15 is 0 Å².